The minimum Gasteiger partial charge on any atom is -0.383 e. The molecule has 8 heteroatoms. The van der Waals surface area contributed by atoms with Crippen LogP contribution in [0.2, 0.25) is 0 Å². The largest absolute Gasteiger partial charge is 0.383 e. The molecule has 0 unspecified atom stereocenters. The van der Waals surface area contributed by atoms with Gasteiger partial charge in [-0.3, -0.25) is 14.2 Å². The molecule has 0 aliphatic rings. The summed E-state index contributed by atoms with van der Waals surface area (Å²) < 4.78 is 8.38. The highest BCUT2D eigenvalue weighted by molar-refractivity contribution is 7.98. The van der Waals surface area contributed by atoms with Crippen LogP contribution in [0.3, 0.4) is 0 Å². The molecule has 0 aliphatic carbocycles. The van der Waals surface area contributed by atoms with E-state index in [-0.39, 0.29) is 18.0 Å². The number of fused-ring (bicyclic) bond motifs is 1. The highest BCUT2D eigenvalue weighted by atomic mass is 32.2. The van der Waals surface area contributed by atoms with E-state index in [0.29, 0.717) is 41.8 Å². The van der Waals surface area contributed by atoms with Crippen LogP contribution in [0.1, 0.15) is 19.5 Å². The average Bonchev–Trinajstić information content (AvgIpc) is 2.85. The van der Waals surface area contributed by atoms with Gasteiger partial charge < -0.3 is 14.6 Å². The summed E-state index contributed by atoms with van der Waals surface area (Å²) in [5.41, 5.74) is 1.87. The predicted molar refractivity (Wildman–Crippen MR) is 100 cm³/mol. The smallest absolute Gasteiger partial charge is 0.278 e. The molecule has 0 spiro atoms. The van der Waals surface area contributed by atoms with Crippen LogP contribution in [-0.2, 0) is 22.6 Å². The second kappa shape index (κ2) is 8.53. The number of aromatic nitrogens is 3. The molecule has 7 nitrogen and oxygen atoms in total. The summed E-state index contributed by atoms with van der Waals surface area (Å²) in [7, 11) is 1.59. The van der Waals surface area contributed by atoms with Crippen LogP contribution in [0.25, 0.3) is 11.0 Å². The van der Waals surface area contributed by atoms with Crippen LogP contribution in [-0.4, -0.2) is 46.5 Å². The normalized spacial score (nSPS) is 11.4. The Balaban J connectivity index is 2.45. The van der Waals surface area contributed by atoms with Crippen molar-refractivity contribution < 1.29 is 9.53 Å². The monoisotopic (exact) mass is 366 g/mol. The van der Waals surface area contributed by atoms with Crippen LogP contribution < -0.4 is 10.9 Å². The molecule has 25 heavy (non-hydrogen) atoms. The zero-order valence-electron chi connectivity index (χ0n) is 15.5. The van der Waals surface area contributed by atoms with Gasteiger partial charge in [-0.15, -0.1) is 0 Å². The molecular formula is C17H26N4O3S. The molecule has 0 fully saturated rings. The minimum atomic E-state index is -0.151. The fourth-order valence-electron chi connectivity index (χ4n) is 2.72. The third kappa shape index (κ3) is 4.43. The average molecular weight is 366 g/mol. The maximum atomic E-state index is 13.1. The van der Waals surface area contributed by atoms with Crippen molar-refractivity contribution in [3.8, 4) is 0 Å². The molecule has 138 valence electrons. The zero-order chi connectivity index (χ0) is 18.6. The quantitative estimate of drug-likeness (QED) is 0.437. The van der Waals surface area contributed by atoms with Gasteiger partial charge in [-0.1, -0.05) is 25.6 Å². The van der Waals surface area contributed by atoms with Gasteiger partial charge >= 0.3 is 0 Å². The number of rotatable bonds is 8. The zero-order valence-corrected chi connectivity index (χ0v) is 16.3. The molecule has 2 aromatic heterocycles. The molecule has 0 aliphatic heterocycles. The van der Waals surface area contributed by atoms with Crippen molar-refractivity contribution in [3.05, 3.63) is 22.1 Å². The molecule has 0 bridgehead atoms. The molecule has 2 aromatic rings. The van der Waals surface area contributed by atoms with E-state index < -0.39 is 0 Å². The van der Waals surface area contributed by atoms with E-state index in [1.165, 1.54) is 11.8 Å². The van der Waals surface area contributed by atoms with Gasteiger partial charge in [0, 0.05) is 25.9 Å². The Labute approximate surface area is 151 Å². The predicted octanol–water partition coefficient (Wildman–Crippen LogP) is 1.65. The number of nitrogens with zero attached hydrogens (tertiary/aromatic N) is 3. The van der Waals surface area contributed by atoms with Crippen molar-refractivity contribution in [2.24, 2.45) is 5.92 Å². The second-order valence-electron chi connectivity index (χ2n) is 6.36. The Bertz CT molecular complexity index is 810. The second-order valence-corrected chi connectivity index (χ2v) is 7.13. The van der Waals surface area contributed by atoms with Crippen molar-refractivity contribution in [2.45, 2.75) is 39.0 Å². The molecule has 1 amide bonds. The summed E-state index contributed by atoms with van der Waals surface area (Å²) in [6.45, 7) is 7.60. The van der Waals surface area contributed by atoms with E-state index in [2.05, 4.69) is 24.1 Å². The number of carbonyl (C=O) groups is 1. The van der Waals surface area contributed by atoms with Gasteiger partial charge in [0.25, 0.3) is 5.56 Å². The summed E-state index contributed by atoms with van der Waals surface area (Å²) in [5.74, 6) is 0.172. The fourth-order valence-corrected chi connectivity index (χ4v) is 3.29. The third-order valence-electron chi connectivity index (χ3n) is 3.84. The number of carbonyl (C=O) groups excluding carboxylic acids is 1. The van der Waals surface area contributed by atoms with E-state index >= 15 is 0 Å². The molecule has 0 saturated heterocycles. The topological polar surface area (TPSA) is 78.2 Å². The molecule has 0 radical (unpaired) electrons. The molecule has 0 saturated carbocycles. The first-order valence-corrected chi connectivity index (χ1v) is 9.51. The fraction of sp³-hybridized carbons (Fsp3) is 0.588. The lowest BCUT2D eigenvalue weighted by atomic mass is 10.2. The van der Waals surface area contributed by atoms with Gasteiger partial charge in [0.2, 0.25) is 5.91 Å². The standard InChI is InChI=1S/C17H26N4O3S/c1-11(2)9-21-16(23)15-13(19-17(21)25-5)8-12(3)20(15)10-14(22)18-6-7-24-4/h8,11H,6-7,9-10H2,1-5H3,(H,18,22). The number of nitrogens with one attached hydrogen (secondary N) is 1. The van der Waals surface area contributed by atoms with Crippen molar-refractivity contribution in [2.75, 3.05) is 26.5 Å². The number of thioether (sulfide) groups is 1. The highest BCUT2D eigenvalue weighted by Crippen LogP contribution is 2.19. The Morgan fingerprint density at radius 3 is 2.72 bits per heavy atom. The summed E-state index contributed by atoms with van der Waals surface area (Å²) in [4.78, 5) is 29.8. The van der Waals surface area contributed by atoms with Gasteiger partial charge in [-0.25, -0.2) is 4.98 Å². The first-order valence-electron chi connectivity index (χ1n) is 8.29. The maximum absolute atomic E-state index is 13.1. The van der Waals surface area contributed by atoms with Crippen molar-refractivity contribution in [3.63, 3.8) is 0 Å². The number of methoxy groups -OCH3 is 1. The SMILES string of the molecule is COCCNC(=O)Cn1c(C)cc2nc(SC)n(CC(C)C)c(=O)c21. The number of ether oxygens (including phenoxy) is 1. The van der Waals surface area contributed by atoms with Gasteiger partial charge in [0.05, 0.1) is 12.1 Å². The number of amides is 1. The molecule has 1 N–H and O–H groups in total. The lowest BCUT2D eigenvalue weighted by Gasteiger charge is -2.14. The Kier molecular flexibility index (Phi) is 6.66. The Hall–Kier alpha value is -1.80. The Morgan fingerprint density at radius 2 is 2.12 bits per heavy atom. The van der Waals surface area contributed by atoms with Crippen LogP contribution in [0.15, 0.2) is 16.0 Å². The first kappa shape index (κ1) is 19.5. The van der Waals surface area contributed by atoms with Crippen LogP contribution in [0, 0.1) is 12.8 Å². The summed E-state index contributed by atoms with van der Waals surface area (Å²) in [5, 5.41) is 3.49. The van der Waals surface area contributed by atoms with E-state index in [1.54, 1.807) is 16.2 Å². The summed E-state index contributed by atoms with van der Waals surface area (Å²) >= 11 is 1.46. The van der Waals surface area contributed by atoms with Crippen molar-refractivity contribution in [1.29, 1.82) is 0 Å². The maximum Gasteiger partial charge on any atom is 0.278 e. The molecular weight excluding hydrogens is 340 g/mol. The van der Waals surface area contributed by atoms with E-state index in [9.17, 15) is 9.59 Å². The van der Waals surface area contributed by atoms with Crippen molar-refractivity contribution >= 4 is 28.7 Å². The first-order chi connectivity index (χ1) is 11.9. The lowest BCUT2D eigenvalue weighted by molar-refractivity contribution is -0.121. The summed E-state index contributed by atoms with van der Waals surface area (Å²) in [6.07, 6.45) is 1.91. The van der Waals surface area contributed by atoms with Crippen LogP contribution >= 0.6 is 11.8 Å². The van der Waals surface area contributed by atoms with Crippen LogP contribution in [0.4, 0.5) is 0 Å². The van der Waals surface area contributed by atoms with Gasteiger partial charge in [-0.2, -0.15) is 0 Å². The van der Waals surface area contributed by atoms with E-state index in [0.717, 1.165) is 5.69 Å². The molecule has 0 aromatic carbocycles. The van der Waals surface area contributed by atoms with Gasteiger partial charge in [0.15, 0.2) is 5.16 Å². The van der Waals surface area contributed by atoms with E-state index in [1.807, 2.05) is 19.2 Å². The molecule has 2 heterocycles. The van der Waals surface area contributed by atoms with Crippen LogP contribution in [0.5, 0.6) is 0 Å². The highest BCUT2D eigenvalue weighted by Gasteiger charge is 2.18. The molecule has 0 atom stereocenters. The van der Waals surface area contributed by atoms with Crippen molar-refractivity contribution in [1.82, 2.24) is 19.4 Å². The third-order valence-corrected chi connectivity index (χ3v) is 4.52. The van der Waals surface area contributed by atoms with Gasteiger partial charge in [0.1, 0.15) is 12.1 Å². The Morgan fingerprint density at radius 1 is 1.40 bits per heavy atom. The van der Waals surface area contributed by atoms with E-state index in [4.69, 9.17) is 4.74 Å². The summed E-state index contributed by atoms with van der Waals surface area (Å²) in [6, 6.07) is 1.86. The van der Waals surface area contributed by atoms with Gasteiger partial charge in [-0.05, 0) is 25.2 Å². The number of hydrogen-bond donors (Lipinski definition) is 1. The lowest BCUT2D eigenvalue weighted by Crippen LogP contribution is -2.32. The molecule has 2 rings (SSSR count). The minimum absolute atomic E-state index is 0.0935. The number of aryl methyl sites for hydroxylation is 1. The number of hydrogen-bond acceptors (Lipinski definition) is 5.